The highest BCUT2D eigenvalue weighted by Crippen LogP contribution is 2.20. The Hall–Kier alpha value is -2.30. The van der Waals surface area contributed by atoms with Crippen LogP contribution in [0.5, 0.6) is 0 Å². The first-order valence-electron chi connectivity index (χ1n) is 7.95. The molecule has 0 aliphatic carbocycles. The molecule has 0 bridgehead atoms. The van der Waals surface area contributed by atoms with E-state index in [1.165, 1.54) is 5.56 Å². The van der Waals surface area contributed by atoms with Crippen LogP contribution >= 0.6 is 0 Å². The van der Waals surface area contributed by atoms with Gasteiger partial charge in [-0.25, -0.2) is 4.79 Å². The van der Waals surface area contributed by atoms with Crippen molar-refractivity contribution in [2.45, 2.75) is 46.1 Å². The molecule has 0 fully saturated rings. The number of fused-ring (bicyclic) bond motifs is 1. The smallest absolute Gasteiger partial charge is 0.326 e. The van der Waals surface area contributed by atoms with Gasteiger partial charge >= 0.3 is 5.97 Å². The number of H-pyrrole nitrogens is 1. The molecular formula is C18H24N2O3. The first-order chi connectivity index (χ1) is 10.9. The number of benzene rings is 1. The van der Waals surface area contributed by atoms with E-state index in [1.807, 2.05) is 39.1 Å². The van der Waals surface area contributed by atoms with Gasteiger partial charge in [0.1, 0.15) is 6.04 Å². The lowest BCUT2D eigenvalue weighted by Gasteiger charge is -2.16. The van der Waals surface area contributed by atoms with Crippen molar-refractivity contribution in [3.8, 4) is 0 Å². The van der Waals surface area contributed by atoms with E-state index >= 15 is 0 Å². The van der Waals surface area contributed by atoms with Gasteiger partial charge in [0.25, 0.3) is 0 Å². The fourth-order valence-electron chi connectivity index (χ4n) is 2.71. The van der Waals surface area contributed by atoms with Crippen molar-refractivity contribution in [2.24, 2.45) is 5.92 Å². The van der Waals surface area contributed by atoms with Gasteiger partial charge in [0.2, 0.25) is 5.91 Å². The molecular weight excluding hydrogens is 292 g/mol. The molecule has 0 saturated carbocycles. The number of hydrogen-bond donors (Lipinski definition) is 3. The molecule has 5 heteroatoms. The van der Waals surface area contributed by atoms with Gasteiger partial charge in [0, 0.05) is 23.5 Å². The van der Waals surface area contributed by atoms with E-state index in [0.717, 1.165) is 16.5 Å². The minimum atomic E-state index is -0.977. The van der Waals surface area contributed by atoms with Crippen molar-refractivity contribution in [2.75, 3.05) is 0 Å². The minimum Gasteiger partial charge on any atom is -0.480 e. The van der Waals surface area contributed by atoms with Gasteiger partial charge in [-0.05, 0) is 43.4 Å². The lowest BCUT2D eigenvalue weighted by Crippen LogP contribution is -2.41. The molecule has 0 spiro atoms. The maximum atomic E-state index is 12.1. The van der Waals surface area contributed by atoms with Gasteiger partial charge in [-0.15, -0.1) is 0 Å². The van der Waals surface area contributed by atoms with Crippen LogP contribution in [-0.4, -0.2) is 28.0 Å². The molecule has 2 aromatic rings. The van der Waals surface area contributed by atoms with Gasteiger partial charge < -0.3 is 15.4 Å². The van der Waals surface area contributed by atoms with Gasteiger partial charge in [0.15, 0.2) is 0 Å². The average Bonchev–Trinajstić information content (AvgIpc) is 2.86. The SMILES string of the molecule is Cc1ccc2[nH]cc(CCC(=O)N[C@H](CC(C)C)C(=O)O)c2c1. The van der Waals surface area contributed by atoms with E-state index in [-0.39, 0.29) is 18.2 Å². The molecule has 0 radical (unpaired) electrons. The van der Waals surface area contributed by atoms with E-state index in [4.69, 9.17) is 0 Å². The highest BCUT2D eigenvalue weighted by molar-refractivity contribution is 5.86. The number of aromatic nitrogens is 1. The summed E-state index contributed by atoms with van der Waals surface area (Å²) in [4.78, 5) is 26.4. The Morgan fingerprint density at radius 3 is 2.70 bits per heavy atom. The summed E-state index contributed by atoms with van der Waals surface area (Å²) in [5.41, 5.74) is 3.30. The first-order valence-corrected chi connectivity index (χ1v) is 7.95. The van der Waals surface area contributed by atoms with E-state index in [9.17, 15) is 14.7 Å². The second kappa shape index (κ2) is 7.31. The van der Waals surface area contributed by atoms with Crippen LogP contribution in [0.15, 0.2) is 24.4 Å². The van der Waals surface area contributed by atoms with Crippen molar-refractivity contribution in [3.05, 3.63) is 35.5 Å². The summed E-state index contributed by atoms with van der Waals surface area (Å²) in [7, 11) is 0. The predicted octanol–water partition coefficient (Wildman–Crippen LogP) is 3.02. The average molecular weight is 316 g/mol. The van der Waals surface area contributed by atoms with Gasteiger partial charge in [-0.2, -0.15) is 0 Å². The van der Waals surface area contributed by atoms with Crippen LogP contribution in [0.3, 0.4) is 0 Å². The van der Waals surface area contributed by atoms with E-state index in [0.29, 0.717) is 12.8 Å². The highest BCUT2D eigenvalue weighted by atomic mass is 16.4. The lowest BCUT2D eigenvalue weighted by molar-refractivity contribution is -0.142. The summed E-state index contributed by atoms with van der Waals surface area (Å²) >= 11 is 0. The Bertz CT molecular complexity index is 703. The van der Waals surface area contributed by atoms with Crippen molar-refractivity contribution >= 4 is 22.8 Å². The number of carbonyl (C=O) groups is 2. The number of carboxylic acids is 1. The standard InChI is InChI=1S/C18H24N2O3/c1-11(2)8-16(18(22)23)20-17(21)7-5-13-10-19-15-6-4-12(3)9-14(13)15/h4,6,9-11,16,19H,5,7-8H2,1-3H3,(H,20,21)(H,22,23)/t16-/m1/s1. The molecule has 0 aliphatic rings. The topological polar surface area (TPSA) is 82.2 Å². The number of carbonyl (C=O) groups excluding carboxylic acids is 1. The number of aryl methyl sites for hydroxylation is 2. The summed E-state index contributed by atoms with van der Waals surface area (Å²) < 4.78 is 0. The van der Waals surface area contributed by atoms with Crippen LogP contribution in [0.2, 0.25) is 0 Å². The Morgan fingerprint density at radius 2 is 2.04 bits per heavy atom. The van der Waals surface area contributed by atoms with E-state index < -0.39 is 12.0 Å². The number of aromatic amines is 1. The quantitative estimate of drug-likeness (QED) is 0.734. The molecule has 1 aromatic carbocycles. The zero-order chi connectivity index (χ0) is 17.0. The summed E-state index contributed by atoms with van der Waals surface area (Å²) in [6, 6.07) is 5.35. The van der Waals surface area contributed by atoms with E-state index in [1.54, 1.807) is 0 Å². The van der Waals surface area contributed by atoms with Gasteiger partial charge in [0.05, 0.1) is 0 Å². The second-order valence-corrected chi connectivity index (χ2v) is 6.45. The third-order valence-corrected chi connectivity index (χ3v) is 3.88. The van der Waals surface area contributed by atoms with Gasteiger partial charge in [-0.1, -0.05) is 25.5 Å². The zero-order valence-corrected chi connectivity index (χ0v) is 13.8. The number of rotatable bonds is 7. The Kier molecular flexibility index (Phi) is 5.42. The number of amides is 1. The van der Waals surface area contributed by atoms with Crippen LogP contribution in [-0.2, 0) is 16.0 Å². The largest absolute Gasteiger partial charge is 0.480 e. The van der Waals surface area contributed by atoms with Crippen molar-refractivity contribution < 1.29 is 14.7 Å². The predicted molar refractivity (Wildman–Crippen MR) is 90.4 cm³/mol. The van der Waals surface area contributed by atoms with Crippen LogP contribution in [0.4, 0.5) is 0 Å². The fraction of sp³-hybridized carbons (Fsp3) is 0.444. The Morgan fingerprint density at radius 1 is 1.30 bits per heavy atom. The Labute approximate surface area is 136 Å². The fourth-order valence-corrected chi connectivity index (χ4v) is 2.71. The van der Waals surface area contributed by atoms with Crippen molar-refractivity contribution in [3.63, 3.8) is 0 Å². The minimum absolute atomic E-state index is 0.216. The van der Waals surface area contributed by atoms with Crippen LogP contribution in [0.1, 0.15) is 37.8 Å². The number of nitrogens with one attached hydrogen (secondary N) is 2. The molecule has 1 heterocycles. The monoisotopic (exact) mass is 316 g/mol. The molecule has 1 aromatic heterocycles. The van der Waals surface area contributed by atoms with E-state index in [2.05, 4.69) is 16.4 Å². The van der Waals surface area contributed by atoms with Crippen molar-refractivity contribution in [1.82, 2.24) is 10.3 Å². The Balaban J connectivity index is 1.97. The van der Waals surface area contributed by atoms with Crippen LogP contribution in [0, 0.1) is 12.8 Å². The number of hydrogen-bond acceptors (Lipinski definition) is 2. The third-order valence-electron chi connectivity index (χ3n) is 3.88. The van der Waals surface area contributed by atoms with Crippen LogP contribution in [0.25, 0.3) is 10.9 Å². The molecule has 0 saturated heterocycles. The summed E-state index contributed by atoms with van der Waals surface area (Å²) in [5, 5.41) is 12.9. The molecule has 0 aliphatic heterocycles. The molecule has 0 unspecified atom stereocenters. The summed E-state index contributed by atoms with van der Waals surface area (Å²) in [6.07, 6.45) is 3.22. The molecule has 124 valence electrons. The first kappa shape index (κ1) is 17.1. The molecule has 1 amide bonds. The number of aliphatic carboxylic acids is 1. The highest BCUT2D eigenvalue weighted by Gasteiger charge is 2.21. The molecule has 2 rings (SSSR count). The molecule has 1 atom stereocenters. The lowest BCUT2D eigenvalue weighted by atomic mass is 10.0. The van der Waals surface area contributed by atoms with Gasteiger partial charge in [-0.3, -0.25) is 4.79 Å². The van der Waals surface area contributed by atoms with Crippen molar-refractivity contribution in [1.29, 1.82) is 0 Å². The maximum Gasteiger partial charge on any atom is 0.326 e. The summed E-state index contributed by atoms with van der Waals surface area (Å²) in [5.74, 6) is -0.984. The normalized spacial score (nSPS) is 12.5. The molecule has 23 heavy (non-hydrogen) atoms. The van der Waals surface area contributed by atoms with Crippen LogP contribution < -0.4 is 5.32 Å². The second-order valence-electron chi connectivity index (χ2n) is 6.45. The molecule has 3 N–H and O–H groups in total. The molecule has 5 nitrogen and oxygen atoms in total. The third kappa shape index (κ3) is 4.58. The summed E-state index contributed by atoms with van der Waals surface area (Å²) in [6.45, 7) is 5.92. The maximum absolute atomic E-state index is 12.1. The number of carboxylic acid groups (broad SMARTS) is 1. The zero-order valence-electron chi connectivity index (χ0n) is 13.8.